The number of hydrogen-bond donors (Lipinski definition) is 1. The average Bonchev–Trinajstić information content (AvgIpc) is 2.76. The third-order valence-corrected chi connectivity index (χ3v) is 2.98. The van der Waals surface area contributed by atoms with Crippen LogP contribution in [-0.4, -0.2) is 15.7 Å². The molecule has 0 aliphatic carbocycles. The monoisotopic (exact) mass is 353 g/mol. The smallest absolute Gasteiger partial charge is 0.248 e. The van der Waals surface area contributed by atoms with Crippen molar-refractivity contribution in [3.8, 4) is 0 Å². The molecule has 1 amide bonds. The first-order valence-electron chi connectivity index (χ1n) is 5.37. The molecule has 0 spiro atoms. The van der Waals surface area contributed by atoms with Crippen LogP contribution in [-0.2, 0) is 11.8 Å². The fourth-order valence-corrected chi connectivity index (χ4v) is 1.77. The van der Waals surface area contributed by atoms with Crippen LogP contribution < -0.4 is 5.32 Å². The van der Waals surface area contributed by atoms with Crippen LogP contribution in [0.2, 0.25) is 0 Å². The quantitative estimate of drug-likeness (QED) is 0.681. The molecule has 1 N–H and O–H groups in total. The summed E-state index contributed by atoms with van der Waals surface area (Å²) in [6.45, 7) is 0. The van der Waals surface area contributed by atoms with Crippen LogP contribution in [0.5, 0.6) is 0 Å². The molecule has 4 nitrogen and oxygen atoms in total. The maximum atomic E-state index is 11.7. The number of hydrogen-bond acceptors (Lipinski definition) is 2. The van der Waals surface area contributed by atoms with Crippen molar-refractivity contribution in [2.75, 3.05) is 5.32 Å². The van der Waals surface area contributed by atoms with Crippen LogP contribution in [0.25, 0.3) is 6.08 Å². The molecule has 92 valence electrons. The van der Waals surface area contributed by atoms with Crippen molar-refractivity contribution < 1.29 is 4.79 Å². The normalized spacial score (nSPS) is 10.8. The van der Waals surface area contributed by atoms with Crippen molar-refractivity contribution in [1.82, 2.24) is 9.78 Å². The van der Waals surface area contributed by atoms with Crippen LogP contribution in [0.1, 0.15) is 5.56 Å². The van der Waals surface area contributed by atoms with E-state index in [-0.39, 0.29) is 5.91 Å². The first-order chi connectivity index (χ1) is 8.63. The number of carbonyl (C=O) groups is 1. The predicted octanol–water partition coefficient (Wildman–Crippen LogP) is 2.68. The second-order valence-electron chi connectivity index (χ2n) is 3.78. The lowest BCUT2D eigenvalue weighted by molar-refractivity contribution is -0.111. The summed E-state index contributed by atoms with van der Waals surface area (Å²) in [6.07, 6.45) is 6.77. The topological polar surface area (TPSA) is 46.9 Å². The highest BCUT2D eigenvalue weighted by Crippen LogP contribution is 2.11. The van der Waals surface area contributed by atoms with Crippen molar-refractivity contribution in [3.63, 3.8) is 0 Å². The summed E-state index contributed by atoms with van der Waals surface area (Å²) in [5.41, 5.74) is 1.69. The summed E-state index contributed by atoms with van der Waals surface area (Å²) < 4.78 is 2.83. The standard InChI is InChI=1S/C13H12IN3O/c1-17-9-10(8-15-17)2-7-13(18)16-12-5-3-11(14)4-6-12/h2-9H,1H3,(H,16,18)/b7-2+. The van der Waals surface area contributed by atoms with Crippen molar-refractivity contribution in [1.29, 1.82) is 0 Å². The molecule has 0 aliphatic rings. The Morgan fingerprint density at radius 2 is 2.11 bits per heavy atom. The summed E-state index contributed by atoms with van der Waals surface area (Å²) in [5.74, 6) is -0.153. The third kappa shape index (κ3) is 3.69. The maximum absolute atomic E-state index is 11.7. The van der Waals surface area contributed by atoms with Gasteiger partial charge in [0.25, 0.3) is 0 Å². The summed E-state index contributed by atoms with van der Waals surface area (Å²) in [6, 6.07) is 7.64. The van der Waals surface area contributed by atoms with E-state index >= 15 is 0 Å². The zero-order valence-corrected chi connectivity index (χ0v) is 12.0. The molecule has 5 heteroatoms. The molecular weight excluding hydrogens is 341 g/mol. The second-order valence-corrected chi connectivity index (χ2v) is 5.02. The molecule has 1 aromatic carbocycles. The Labute approximate surface area is 119 Å². The highest BCUT2D eigenvalue weighted by atomic mass is 127. The van der Waals surface area contributed by atoms with Gasteiger partial charge in [-0.15, -0.1) is 0 Å². The molecule has 0 aliphatic heterocycles. The molecule has 2 aromatic rings. The van der Waals surface area contributed by atoms with Crippen LogP contribution in [0, 0.1) is 3.57 Å². The molecule has 0 saturated carbocycles. The van der Waals surface area contributed by atoms with Crippen LogP contribution in [0.4, 0.5) is 5.69 Å². The number of anilines is 1. The van der Waals surface area contributed by atoms with E-state index in [1.807, 2.05) is 37.5 Å². The van der Waals surface area contributed by atoms with Gasteiger partial charge in [0.2, 0.25) is 5.91 Å². The highest BCUT2D eigenvalue weighted by molar-refractivity contribution is 14.1. The molecule has 1 heterocycles. The van der Waals surface area contributed by atoms with Crippen molar-refractivity contribution in [3.05, 3.63) is 51.9 Å². The van der Waals surface area contributed by atoms with Crippen LogP contribution in [0.3, 0.4) is 0 Å². The number of amides is 1. The third-order valence-electron chi connectivity index (χ3n) is 2.26. The number of aryl methyl sites for hydroxylation is 1. The maximum Gasteiger partial charge on any atom is 0.248 e. The minimum Gasteiger partial charge on any atom is -0.323 e. The number of aromatic nitrogens is 2. The van der Waals surface area contributed by atoms with Gasteiger partial charge in [-0.25, -0.2) is 0 Å². The molecule has 0 saturated heterocycles. The summed E-state index contributed by atoms with van der Waals surface area (Å²) in [4.78, 5) is 11.7. The van der Waals surface area contributed by atoms with Gasteiger partial charge in [0.15, 0.2) is 0 Å². The molecule has 0 atom stereocenters. The van der Waals surface area contributed by atoms with E-state index in [0.717, 1.165) is 14.8 Å². The Morgan fingerprint density at radius 3 is 2.72 bits per heavy atom. The molecule has 0 unspecified atom stereocenters. The SMILES string of the molecule is Cn1cc(/C=C/C(=O)Nc2ccc(I)cc2)cn1. The van der Waals surface area contributed by atoms with Crippen molar-refractivity contribution in [2.45, 2.75) is 0 Å². The Morgan fingerprint density at radius 1 is 1.39 bits per heavy atom. The van der Waals surface area contributed by atoms with E-state index < -0.39 is 0 Å². The highest BCUT2D eigenvalue weighted by Gasteiger charge is 1.98. The lowest BCUT2D eigenvalue weighted by Crippen LogP contribution is -2.07. The lowest BCUT2D eigenvalue weighted by atomic mass is 10.3. The largest absolute Gasteiger partial charge is 0.323 e. The van der Waals surface area contributed by atoms with Crippen LogP contribution in [0.15, 0.2) is 42.7 Å². The molecule has 0 radical (unpaired) electrons. The number of halogens is 1. The van der Waals surface area contributed by atoms with Gasteiger partial charge in [0, 0.05) is 34.1 Å². The number of nitrogens with one attached hydrogen (secondary N) is 1. The fourth-order valence-electron chi connectivity index (χ4n) is 1.42. The number of benzene rings is 1. The summed E-state index contributed by atoms with van der Waals surface area (Å²) in [5, 5.41) is 6.81. The minimum absolute atomic E-state index is 0.153. The molecular formula is C13H12IN3O. The molecule has 2 rings (SSSR count). The minimum atomic E-state index is -0.153. The molecule has 0 fully saturated rings. The Balaban J connectivity index is 1.96. The summed E-state index contributed by atoms with van der Waals surface area (Å²) in [7, 11) is 1.84. The zero-order valence-electron chi connectivity index (χ0n) is 9.80. The van der Waals surface area contributed by atoms with E-state index in [2.05, 4.69) is 33.0 Å². The molecule has 0 bridgehead atoms. The molecule has 1 aromatic heterocycles. The lowest BCUT2D eigenvalue weighted by Gasteiger charge is -2.01. The van der Waals surface area contributed by atoms with Crippen molar-refractivity contribution >= 4 is 40.3 Å². The van der Waals surface area contributed by atoms with Gasteiger partial charge >= 0.3 is 0 Å². The van der Waals surface area contributed by atoms with Gasteiger partial charge in [-0.05, 0) is 52.9 Å². The van der Waals surface area contributed by atoms with Gasteiger partial charge in [-0.2, -0.15) is 5.10 Å². The Kier molecular flexibility index (Phi) is 4.14. The second kappa shape index (κ2) is 5.81. The van der Waals surface area contributed by atoms with Gasteiger partial charge in [-0.1, -0.05) is 0 Å². The fraction of sp³-hybridized carbons (Fsp3) is 0.0769. The predicted molar refractivity (Wildman–Crippen MR) is 80.0 cm³/mol. The Bertz CT molecular complexity index is 572. The van der Waals surface area contributed by atoms with E-state index in [0.29, 0.717) is 0 Å². The molecule has 18 heavy (non-hydrogen) atoms. The van der Waals surface area contributed by atoms with Gasteiger partial charge in [-0.3, -0.25) is 9.48 Å². The van der Waals surface area contributed by atoms with E-state index in [1.54, 1.807) is 17.0 Å². The van der Waals surface area contributed by atoms with Crippen molar-refractivity contribution in [2.24, 2.45) is 7.05 Å². The van der Waals surface area contributed by atoms with Gasteiger partial charge in [0.1, 0.15) is 0 Å². The number of rotatable bonds is 3. The Hall–Kier alpha value is -1.63. The van der Waals surface area contributed by atoms with Crippen LogP contribution >= 0.6 is 22.6 Å². The zero-order chi connectivity index (χ0) is 13.0. The van der Waals surface area contributed by atoms with E-state index in [4.69, 9.17) is 0 Å². The summed E-state index contributed by atoms with van der Waals surface area (Å²) >= 11 is 2.22. The first-order valence-corrected chi connectivity index (χ1v) is 6.44. The average molecular weight is 353 g/mol. The van der Waals surface area contributed by atoms with E-state index in [9.17, 15) is 4.79 Å². The number of carbonyl (C=O) groups excluding carboxylic acids is 1. The number of nitrogens with zero attached hydrogens (tertiary/aromatic N) is 2. The van der Waals surface area contributed by atoms with E-state index in [1.165, 1.54) is 6.08 Å². The first kappa shape index (κ1) is 12.8. The van der Waals surface area contributed by atoms with Gasteiger partial charge in [0.05, 0.1) is 6.20 Å². The van der Waals surface area contributed by atoms with Gasteiger partial charge < -0.3 is 5.32 Å².